The molecule has 0 aromatic heterocycles. The highest BCUT2D eigenvalue weighted by Gasteiger charge is 2.27. The average molecular weight is 367 g/mol. The molecule has 4 nitrogen and oxygen atoms in total. The number of methoxy groups -OCH3 is 1. The molecular weight excluding hydrogens is 352 g/mol. The van der Waals surface area contributed by atoms with E-state index in [2.05, 4.69) is 25.8 Å². The van der Waals surface area contributed by atoms with E-state index in [-0.39, 0.29) is 5.91 Å². The summed E-state index contributed by atoms with van der Waals surface area (Å²) in [7, 11) is 1.63. The van der Waals surface area contributed by atoms with Crippen LogP contribution in [0.4, 0.5) is 0 Å². The number of carbonyl (C=O) groups is 1. The number of hydrogen-bond donors (Lipinski definition) is 0. The van der Waals surface area contributed by atoms with Gasteiger partial charge in [-0.1, -0.05) is 15.9 Å². The highest BCUT2D eigenvalue weighted by Crippen LogP contribution is 2.34. The molecule has 6 heteroatoms. The van der Waals surface area contributed by atoms with E-state index in [0.717, 1.165) is 34.0 Å². The minimum atomic E-state index is -0.163. The van der Waals surface area contributed by atoms with Crippen molar-refractivity contribution in [2.24, 2.45) is 4.99 Å². The van der Waals surface area contributed by atoms with Crippen LogP contribution in [0, 0.1) is 0 Å². The average Bonchev–Trinajstić information content (AvgIpc) is 3.10. The Kier molecular flexibility index (Phi) is 4.35. The van der Waals surface area contributed by atoms with Crippen molar-refractivity contribution in [1.82, 2.24) is 4.90 Å². The number of nitrogens with zero attached hydrogens (tertiary/aromatic N) is 2. The maximum Gasteiger partial charge on any atom is 0.286 e. The first-order valence-electron chi connectivity index (χ1n) is 6.78. The van der Waals surface area contributed by atoms with Crippen molar-refractivity contribution in [3.05, 3.63) is 33.1 Å². The van der Waals surface area contributed by atoms with Crippen LogP contribution in [0.1, 0.15) is 18.4 Å². The second-order valence-electron chi connectivity index (χ2n) is 4.89. The molecule has 1 amide bonds. The van der Waals surface area contributed by atoms with Gasteiger partial charge in [0.25, 0.3) is 5.91 Å². The van der Waals surface area contributed by atoms with E-state index >= 15 is 0 Å². The zero-order valence-corrected chi connectivity index (χ0v) is 14.0. The quantitative estimate of drug-likeness (QED) is 0.750. The summed E-state index contributed by atoms with van der Waals surface area (Å²) in [5.74, 6) is 0.581. The predicted octanol–water partition coefficient (Wildman–Crippen LogP) is 3.52. The molecule has 1 aromatic carbocycles. The van der Waals surface area contributed by atoms with Gasteiger partial charge < -0.3 is 9.64 Å². The third-order valence-corrected chi connectivity index (χ3v) is 5.00. The first kappa shape index (κ1) is 14.7. The Morgan fingerprint density at radius 3 is 2.86 bits per heavy atom. The van der Waals surface area contributed by atoms with Crippen LogP contribution in [0.25, 0.3) is 6.08 Å². The fourth-order valence-electron chi connectivity index (χ4n) is 2.40. The molecule has 0 bridgehead atoms. The second-order valence-corrected chi connectivity index (χ2v) is 6.82. The number of rotatable bonds is 2. The van der Waals surface area contributed by atoms with Gasteiger partial charge >= 0.3 is 0 Å². The largest absolute Gasteiger partial charge is 0.496 e. The Morgan fingerprint density at radius 1 is 1.38 bits per heavy atom. The molecule has 2 aliphatic rings. The van der Waals surface area contributed by atoms with Gasteiger partial charge in [0.1, 0.15) is 5.75 Å². The highest BCUT2D eigenvalue weighted by atomic mass is 79.9. The first-order valence-corrected chi connectivity index (χ1v) is 8.39. The molecule has 2 heterocycles. The molecule has 21 heavy (non-hydrogen) atoms. The fourth-order valence-corrected chi connectivity index (χ4v) is 3.74. The summed E-state index contributed by atoms with van der Waals surface area (Å²) < 4.78 is 6.29. The van der Waals surface area contributed by atoms with E-state index in [9.17, 15) is 4.79 Å². The van der Waals surface area contributed by atoms with Gasteiger partial charge in [0.2, 0.25) is 0 Å². The Balaban J connectivity index is 1.85. The van der Waals surface area contributed by atoms with Crippen LogP contribution in [0.5, 0.6) is 5.75 Å². The lowest BCUT2D eigenvalue weighted by Crippen LogP contribution is -2.23. The van der Waals surface area contributed by atoms with E-state index in [4.69, 9.17) is 4.74 Å². The van der Waals surface area contributed by atoms with Gasteiger partial charge in [0.05, 0.1) is 12.0 Å². The van der Waals surface area contributed by atoms with Gasteiger partial charge in [-0.15, -0.1) is 0 Å². The lowest BCUT2D eigenvalue weighted by Gasteiger charge is -2.14. The van der Waals surface area contributed by atoms with Crippen LogP contribution >= 0.6 is 27.7 Å². The summed E-state index contributed by atoms with van der Waals surface area (Å²) in [4.78, 5) is 19.1. The third kappa shape index (κ3) is 3.16. The standard InChI is InChI=1S/C15H15BrN2O2S/c1-20-12-5-4-11(16)8-10(12)9-13-14(19)17-15(21-13)18-6-2-3-7-18/h4-5,8-9H,2-3,6-7H2,1H3/b13-9-. The van der Waals surface area contributed by atoms with Crippen LogP contribution in [-0.4, -0.2) is 36.2 Å². The molecule has 0 spiro atoms. The number of ether oxygens (including phenoxy) is 1. The van der Waals surface area contributed by atoms with E-state index < -0.39 is 0 Å². The SMILES string of the molecule is COc1ccc(Br)cc1/C=C1\SC(N2CCCC2)=NC1=O. The van der Waals surface area contributed by atoms with Gasteiger partial charge in [-0.3, -0.25) is 4.79 Å². The number of thioether (sulfide) groups is 1. The number of carbonyl (C=O) groups excluding carboxylic acids is 1. The summed E-state index contributed by atoms with van der Waals surface area (Å²) in [5.41, 5.74) is 0.876. The monoisotopic (exact) mass is 366 g/mol. The molecule has 2 aliphatic heterocycles. The number of amides is 1. The van der Waals surface area contributed by atoms with Crippen LogP contribution in [-0.2, 0) is 4.79 Å². The predicted molar refractivity (Wildman–Crippen MR) is 89.5 cm³/mol. The van der Waals surface area contributed by atoms with Crippen molar-refractivity contribution in [1.29, 1.82) is 0 Å². The summed E-state index contributed by atoms with van der Waals surface area (Å²) in [6, 6.07) is 5.73. The summed E-state index contributed by atoms with van der Waals surface area (Å²) in [6.45, 7) is 1.99. The molecule has 0 aliphatic carbocycles. The first-order chi connectivity index (χ1) is 10.2. The molecule has 3 rings (SSSR count). The van der Waals surface area contributed by atoms with Gasteiger partial charge in [0, 0.05) is 23.1 Å². The number of hydrogen-bond acceptors (Lipinski definition) is 4. The minimum absolute atomic E-state index is 0.163. The van der Waals surface area contributed by atoms with Crippen molar-refractivity contribution in [2.75, 3.05) is 20.2 Å². The van der Waals surface area contributed by atoms with E-state index in [1.165, 1.54) is 24.6 Å². The molecule has 0 unspecified atom stereocenters. The van der Waals surface area contributed by atoms with Crippen LogP contribution in [0.15, 0.2) is 32.6 Å². The Labute approximate surface area is 136 Å². The summed E-state index contributed by atoms with van der Waals surface area (Å²) in [6.07, 6.45) is 4.20. The van der Waals surface area contributed by atoms with Gasteiger partial charge in [-0.25, -0.2) is 0 Å². The Morgan fingerprint density at radius 2 is 2.14 bits per heavy atom. The molecule has 110 valence electrons. The topological polar surface area (TPSA) is 41.9 Å². The number of aliphatic imine (C=N–C) groups is 1. The molecule has 0 saturated carbocycles. The fraction of sp³-hybridized carbons (Fsp3) is 0.333. The number of halogens is 1. The van der Waals surface area contributed by atoms with Crippen molar-refractivity contribution >= 4 is 44.8 Å². The number of amidine groups is 1. The summed E-state index contributed by atoms with van der Waals surface area (Å²) >= 11 is 4.89. The van der Waals surface area contributed by atoms with Gasteiger partial charge in [0.15, 0.2) is 5.17 Å². The van der Waals surface area contributed by atoms with Gasteiger partial charge in [-0.2, -0.15) is 4.99 Å². The molecule has 1 aromatic rings. The normalized spacial score (nSPS) is 20.3. The molecule has 0 atom stereocenters. The van der Waals surface area contributed by atoms with E-state index in [1.807, 2.05) is 24.3 Å². The van der Waals surface area contributed by atoms with E-state index in [1.54, 1.807) is 7.11 Å². The number of likely N-dealkylation sites (tertiary alicyclic amines) is 1. The van der Waals surface area contributed by atoms with E-state index in [0.29, 0.717) is 4.91 Å². The lowest BCUT2D eigenvalue weighted by atomic mass is 10.2. The summed E-state index contributed by atoms with van der Waals surface area (Å²) in [5, 5.41) is 0.831. The maximum atomic E-state index is 12.1. The zero-order chi connectivity index (χ0) is 14.8. The number of benzene rings is 1. The Bertz CT molecular complexity index is 637. The maximum absolute atomic E-state index is 12.1. The Hall–Kier alpha value is -1.27. The van der Waals surface area contributed by atoms with Crippen LogP contribution in [0.2, 0.25) is 0 Å². The van der Waals surface area contributed by atoms with Crippen molar-refractivity contribution in [2.45, 2.75) is 12.8 Å². The van der Waals surface area contributed by atoms with Crippen molar-refractivity contribution in [3.63, 3.8) is 0 Å². The highest BCUT2D eigenvalue weighted by molar-refractivity contribution is 9.10. The molecule has 1 fully saturated rings. The van der Waals surface area contributed by atoms with Crippen LogP contribution in [0.3, 0.4) is 0 Å². The molecular formula is C15H15BrN2O2S. The lowest BCUT2D eigenvalue weighted by molar-refractivity contribution is -0.113. The van der Waals surface area contributed by atoms with Crippen molar-refractivity contribution < 1.29 is 9.53 Å². The van der Waals surface area contributed by atoms with Crippen molar-refractivity contribution in [3.8, 4) is 5.75 Å². The molecule has 0 radical (unpaired) electrons. The zero-order valence-electron chi connectivity index (χ0n) is 11.6. The smallest absolute Gasteiger partial charge is 0.286 e. The minimum Gasteiger partial charge on any atom is -0.496 e. The molecule has 0 N–H and O–H groups in total. The second kappa shape index (κ2) is 6.23. The molecule has 1 saturated heterocycles. The van der Waals surface area contributed by atoms with Crippen LogP contribution < -0.4 is 4.74 Å². The third-order valence-electron chi connectivity index (χ3n) is 3.46. The van der Waals surface area contributed by atoms with Gasteiger partial charge in [-0.05, 0) is 48.9 Å².